The highest BCUT2D eigenvalue weighted by Gasteiger charge is 2.09. The summed E-state index contributed by atoms with van der Waals surface area (Å²) >= 11 is 6.09. The van der Waals surface area contributed by atoms with Crippen LogP contribution in [0.4, 0.5) is 10.1 Å². The molecule has 27 heavy (non-hydrogen) atoms. The Labute approximate surface area is 162 Å². The van der Waals surface area contributed by atoms with Gasteiger partial charge in [-0.15, -0.1) is 0 Å². The second kappa shape index (κ2) is 9.14. The first-order valence-electron chi connectivity index (χ1n) is 8.58. The third-order valence-electron chi connectivity index (χ3n) is 4.07. The summed E-state index contributed by atoms with van der Waals surface area (Å²) in [5, 5.41) is 6.61. The minimum Gasteiger partial charge on any atom is -0.385 e. The van der Waals surface area contributed by atoms with Crippen molar-refractivity contribution in [1.82, 2.24) is 10.3 Å². The van der Waals surface area contributed by atoms with Crippen molar-refractivity contribution in [2.75, 3.05) is 11.9 Å². The molecule has 2 N–H and O–H groups in total. The van der Waals surface area contributed by atoms with Crippen LogP contribution in [-0.4, -0.2) is 17.4 Å². The van der Waals surface area contributed by atoms with E-state index >= 15 is 0 Å². The molecule has 0 aliphatic rings. The van der Waals surface area contributed by atoms with Crippen LogP contribution in [0.5, 0.6) is 0 Å². The average Bonchev–Trinajstić information content (AvgIpc) is 2.69. The van der Waals surface area contributed by atoms with Gasteiger partial charge in [0.25, 0.3) is 5.91 Å². The van der Waals surface area contributed by atoms with Crippen LogP contribution in [0.1, 0.15) is 21.6 Å². The fourth-order valence-electron chi connectivity index (χ4n) is 2.62. The molecule has 2 aromatic carbocycles. The van der Waals surface area contributed by atoms with Gasteiger partial charge >= 0.3 is 0 Å². The van der Waals surface area contributed by atoms with Crippen molar-refractivity contribution in [2.45, 2.75) is 13.0 Å². The molecule has 0 atom stereocenters. The van der Waals surface area contributed by atoms with Crippen molar-refractivity contribution in [2.24, 2.45) is 0 Å². The number of carbonyl (C=O) groups excluding carboxylic acids is 1. The lowest BCUT2D eigenvalue weighted by Crippen LogP contribution is -2.24. The van der Waals surface area contributed by atoms with Crippen molar-refractivity contribution >= 4 is 23.2 Å². The van der Waals surface area contributed by atoms with Crippen LogP contribution in [0.25, 0.3) is 0 Å². The molecule has 1 aromatic heterocycles. The Kier molecular flexibility index (Phi) is 6.39. The molecule has 4 nitrogen and oxygen atoms in total. The van der Waals surface area contributed by atoms with Crippen LogP contribution in [-0.2, 0) is 13.0 Å². The standard InChI is InChI=1S/C21H19ClFN3O/c22-18-7-3-1-6-16(18)14-26-21(27)20-13-17(10-12-25-20)24-11-9-15-5-2-4-8-19(15)23/h1-8,10,12-13H,9,11,14H2,(H,24,25)(H,26,27). The van der Waals surface area contributed by atoms with Crippen molar-refractivity contribution in [3.8, 4) is 0 Å². The minimum atomic E-state index is -0.285. The van der Waals surface area contributed by atoms with E-state index in [9.17, 15) is 9.18 Å². The van der Waals surface area contributed by atoms with Gasteiger partial charge in [0, 0.05) is 30.0 Å². The number of hydrogen-bond acceptors (Lipinski definition) is 3. The van der Waals surface area contributed by atoms with E-state index in [2.05, 4.69) is 15.6 Å². The number of carbonyl (C=O) groups is 1. The van der Waals surface area contributed by atoms with Gasteiger partial charge in [0.2, 0.25) is 0 Å². The van der Waals surface area contributed by atoms with Crippen LogP contribution in [0, 0.1) is 5.82 Å². The van der Waals surface area contributed by atoms with E-state index in [0.717, 1.165) is 11.3 Å². The molecule has 0 saturated heterocycles. The highest BCUT2D eigenvalue weighted by molar-refractivity contribution is 6.31. The summed E-state index contributed by atoms with van der Waals surface area (Å²) in [6.07, 6.45) is 2.11. The summed E-state index contributed by atoms with van der Waals surface area (Å²) in [5.74, 6) is -0.499. The van der Waals surface area contributed by atoms with Crippen LogP contribution in [0.15, 0.2) is 66.9 Å². The zero-order valence-corrected chi connectivity index (χ0v) is 15.3. The third-order valence-corrected chi connectivity index (χ3v) is 4.44. The molecule has 0 aliphatic carbocycles. The molecule has 0 aliphatic heterocycles. The summed E-state index contributed by atoms with van der Waals surface area (Å²) in [5.41, 5.74) is 2.55. The summed E-state index contributed by atoms with van der Waals surface area (Å²) in [7, 11) is 0. The number of nitrogens with one attached hydrogen (secondary N) is 2. The molecule has 0 bridgehead atoms. The molecule has 0 radical (unpaired) electrons. The van der Waals surface area contributed by atoms with Gasteiger partial charge in [-0.1, -0.05) is 48.0 Å². The average molecular weight is 384 g/mol. The normalized spacial score (nSPS) is 10.4. The highest BCUT2D eigenvalue weighted by atomic mass is 35.5. The quantitative estimate of drug-likeness (QED) is 0.633. The van der Waals surface area contributed by atoms with E-state index < -0.39 is 0 Å². The Bertz CT molecular complexity index is 933. The predicted octanol–water partition coefficient (Wildman–Crippen LogP) is 4.46. The Morgan fingerprint density at radius 3 is 2.56 bits per heavy atom. The topological polar surface area (TPSA) is 54.0 Å². The number of benzene rings is 2. The van der Waals surface area contributed by atoms with Crippen LogP contribution in [0.2, 0.25) is 5.02 Å². The molecule has 0 unspecified atom stereocenters. The van der Waals surface area contributed by atoms with E-state index in [1.165, 1.54) is 6.07 Å². The molecule has 3 rings (SSSR count). The van der Waals surface area contributed by atoms with Crippen molar-refractivity contribution in [3.63, 3.8) is 0 Å². The maximum atomic E-state index is 13.6. The number of aromatic nitrogens is 1. The number of nitrogens with zero attached hydrogens (tertiary/aromatic N) is 1. The van der Waals surface area contributed by atoms with Crippen LogP contribution >= 0.6 is 11.6 Å². The summed E-state index contributed by atoms with van der Waals surface area (Å²) in [6.45, 7) is 0.872. The first-order chi connectivity index (χ1) is 13.1. The van der Waals surface area contributed by atoms with E-state index in [1.807, 2.05) is 24.3 Å². The number of rotatable bonds is 7. The lowest BCUT2D eigenvalue weighted by atomic mass is 10.1. The summed E-state index contributed by atoms with van der Waals surface area (Å²) in [6, 6.07) is 17.5. The SMILES string of the molecule is O=C(NCc1ccccc1Cl)c1cc(NCCc2ccccc2F)ccn1. The zero-order valence-electron chi connectivity index (χ0n) is 14.6. The molecule has 0 saturated carbocycles. The monoisotopic (exact) mass is 383 g/mol. The van der Waals surface area contributed by atoms with E-state index in [-0.39, 0.29) is 11.7 Å². The molecule has 1 amide bonds. The third kappa shape index (κ3) is 5.28. The minimum absolute atomic E-state index is 0.214. The van der Waals surface area contributed by atoms with Gasteiger partial charge in [0.15, 0.2) is 0 Å². The Morgan fingerprint density at radius 1 is 1.04 bits per heavy atom. The first kappa shape index (κ1) is 18.9. The van der Waals surface area contributed by atoms with Crippen molar-refractivity contribution in [3.05, 3.63) is 94.5 Å². The fraction of sp³-hybridized carbons (Fsp3) is 0.143. The van der Waals surface area contributed by atoms with Crippen LogP contribution < -0.4 is 10.6 Å². The number of amides is 1. The van der Waals surface area contributed by atoms with Crippen molar-refractivity contribution in [1.29, 1.82) is 0 Å². The van der Waals surface area contributed by atoms with Gasteiger partial charge in [0.1, 0.15) is 11.5 Å². The number of halogens is 2. The number of hydrogen-bond donors (Lipinski definition) is 2. The van der Waals surface area contributed by atoms with E-state index in [1.54, 1.807) is 36.5 Å². The van der Waals surface area contributed by atoms with Crippen molar-refractivity contribution < 1.29 is 9.18 Å². The fourth-order valence-corrected chi connectivity index (χ4v) is 2.82. The highest BCUT2D eigenvalue weighted by Crippen LogP contribution is 2.15. The molecule has 0 spiro atoms. The maximum absolute atomic E-state index is 13.6. The van der Waals surface area contributed by atoms with Gasteiger partial charge in [-0.25, -0.2) is 4.39 Å². The molecule has 3 aromatic rings. The number of pyridine rings is 1. The lowest BCUT2D eigenvalue weighted by molar-refractivity contribution is 0.0946. The molecular formula is C21H19ClFN3O. The maximum Gasteiger partial charge on any atom is 0.270 e. The Balaban J connectivity index is 1.55. The van der Waals surface area contributed by atoms with Gasteiger partial charge < -0.3 is 10.6 Å². The van der Waals surface area contributed by atoms with E-state index in [0.29, 0.717) is 35.8 Å². The molecule has 0 fully saturated rings. The zero-order chi connectivity index (χ0) is 19.1. The molecule has 1 heterocycles. The Morgan fingerprint density at radius 2 is 1.78 bits per heavy atom. The Hall–Kier alpha value is -2.92. The summed E-state index contributed by atoms with van der Waals surface area (Å²) < 4.78 is 13.6. The van der Waals surface area contributed by atoms with Gasteiger partial charge in [0.05, 0.1) is 0 Å². The predicted molar refractivity (Wildman–Crippen MR) is 105 cm³/mol. The molecule has 138 valence electrons. The lowest BCUT2D eigenvalue weighted by Gasteiger charge is -2.09. The second-order valence-electron chi connectivity index (χ2n) is 5.97. The van der Waals surface area contributed by atoms with Gasteiger partial charge in [-0.3, -0.25) is 9.78 Å². The van der Waals surface area contributed by atoms with E-state index in [4.69, 9.17) is 11.6 Å². The second-order valence-corrected chi connectivity index (χ2v) is 6.38. The molecular weight excluding hydrogens is 365 g/mol. The smallest absolute Gasteiger partial charge is 0.270 e. The number of anilines is 1. The largest absolute Gasteiger partial charge is 0.385 e. The first-order valence-corrected chi connectivity index (χ1v) is 8.96. The van der Waals surface area contributed by atoms with Gasteiger partial charge in [-0.2, -0.15) is 0 Å². The van der Waals surface area contributed by atoms with Crippen LogP contribution in [0.3, 0.4) is 0 Å². The summed E-state index contributed by atoms with van der Waals surface area (Å²) in [4.78, 5) is 16.4. The van der Waals surface area contributed by atoms with Gasteiger partial charge in [-0.05, 0) is 41.8 Å². The molecule has 6 heteroatoms.